The first-order valence-electron chi connectivity index (χ1n) is 7.31. The smallest absolute Gasteiger partial charge is 0.396 e. The van der Waals surface area contributed by atoms with Crippen LogP contribution >= 0.6 is 0 Å². The molecule has 1 saturated heterocycles. The summed E-state index contributed by atoms with van der Waals surface area (Å²) in [6.45, 7) is 0.649. The fourth-order valence-corrected chi connectivity index (χ4v) is 2.96. The van der Waals surface area contributed by atoms with E-state index >= 15 is 0 Å². The van der Waals surface area contributed by atoms with Gasteiger partial charge in [-0.3, -0.25) is 0 Å². The zero-order chi connectivity index (χ0) is 16.9. The maximum absolute atomic E-state index is 12.4. The van der Waals surface area contributed by atoms with Gasteiger partial charge >= 0.3 is 16.5 Å². The molecule has 7 nitrogen and oxygen atoms in total. The molecule has 23 heavy (non-hydrogen) atoms. The fraction of sp³-hybridized carbons (Fsp3) is 0.500. The predicted molar refractivity (Wildman–Crippen MR) is 82.2 cm³/mol. The van der Waals surface area contributed by atoms with Crippen LogP contribution in [0, 0.1) is 0 Å². The topological polar surface area (TPSA) is 95.9 Å². The summed E-state index contributed by atoms with van der Waals surface area (Å²) >= 11 is 0. The molecule has 1 atom stereocenters. The van der Waals surface area contributed by atoms with Crippen molar-refractivity contribution in [3.63, 3.8) is 0 Å². The minimum atomic E-state index is -5.06. The Morgan fingerprint density at radius 3 is 2.65 bits per heavy atom. The van der Waals surface area contributed by atoms with E-state index < -0.39 is 10.5 Å². The lowest BCUT2D eigenvalue weighted by atomic mass is 10.0. The molecule has 0 spiro atoms. The Balaban J connectivity index is 1.99. The van der Waals surface area contributed by atoms with Crippen molar-refractivity contribution in [1.29, 1.82) is 0 Å². The second-order valence-corrected chi connectivity index (χ2v) is 6.24. The Labute approximate surface area is 134 Å². The van der Waals surface area contributed by atoms with Gasteiger partial charge in [-0.25, -0.2) is 4.79 Å². The van der Waals surface area contributed by atoms with E-state index in [1.54, 1.807) is 4.90 Å². The van der Waals surface area contributed by atoms with E-state index in [0.29, 0.717) is 18.7 Å². The van der Waals surface area contributed by atoms with E-state index in [2.05, 4.69) is 9.50 Å². The third kappa shape index (κ3) is 5.36. The van der Waals surface area contributed by atoms with Crippen LogP contribution < -0.4 is 9.50 Å². The molecule has 1 heterocycles. The molecule has 2 amide bonds. The van der Waals surface area contributed by atoms with Gasteiger partial charge in [-0.15, -0.1) is 0 Å². The van der Waals surface area contributed by atoms with Crippen LogP contribution in [0.5, 0.6) is 5.75 Å². The zero-order valence-corrected chi connectivity index (χ0v) is 13.3. The summed E-state index contributed by atoms with van der Waals surface area (Å²) in [5.41, 5.74) is 0.437. The molecule has 1 unspecified atom stereocenters. The first kappa shape index (κ1) is 17.5. The van der Waals surface area contributed by atoms with Crippen molar-refractivity contribution in [3.05, 3.63) is 24.3 Å². The number of likely N-dealkylation sites (tertiary alicyclic amines) is 1. The van der Waals surface area contributed by atoms with Gasteiger partial charge in [0.1, 0.15) is 5.75 Å². The highest BCUT2D eigenvalue weighted by molar-refractivity contribution is 7.81. The summed E-state index contributed by atoms with van der Waals surface area (Å²) < 4.78 is 37.2. The molecule has 0 saturated carbocycles. The van der Waals surface area contributed by atoms with Crippen LogP contribution in [0.3, 0.4) is 0 Å². The Morgan fingerprint density at radius 2 is 2.04 bits per heavy atom. The number of nitrogens with one attached hydrogen (secondary N) is 1. The lowest BCUT2D eigenvalue weighted by molar-refractivity contribution is 0.141. The van der Waals surface area contributed by atoms with Crippen LogP contribution in [0.1, 0.15) is 25.7 Å². The predicted octanol–water partition coefficient (Wildman–Crippen LogP) is 2.05. The number of nitrogens with zero attached hydrogens (tertiary/aromatic N) is 1. The normalized spacial score (nSPS) is 18.5. The van der Waals surface area contributed by atoms with Crippen molar-refractivity contribution in [2.75, 3.05) is 18.5 Å². The molecule has 0 aromatic heterocycles. The number of hydrogen-bond donors (Lipinski definition) is 2. The number of carbonyl (C=O) groups is 1. The highest BCUT2D eigenvalue weighted by atomic mass is 32.3. The minimum absolute atomic E-state index is 0.00744. The summed E-state index contributed by atoms with van der Waals surface area (Å²) in [5, 5.41) is 11.8. The van der Waals surface area contributed by atoms with Crippen molar-refractivity contribution in [2.45, 2.75) is 31.7 Å². The minimum Gasteiger partial charge on any atom is -0.396 e. The summed E-state index contributed by atoms with van der Waals surface area (Å²) in [7, 11) is -5.06. The van der Waals surface area contributed by atoms with E-state index in [1.165, 1.54) is 24.3 Å². The van der Waals surface area contributed by atoms with Crippen molar-refractivity contribution >= 4 is 22.2 Å². The van der Waals surface area contributed by atoms with Gasteiger partial charge in [-0.2, -0.15) is 8.42 Å². The number of urea groups is 1. The number of carbonyl (C=O) groups excluding carboxylic acids is 1. The SMILES string of the molecule is O=C(Nc1ccc(OS(=O)(=O)F)cc1)N1CCCCC1CCO. The molecule has 2 rings (SSSR count). The quantitative estimate of drug-likeness (QED) is 0.796. The highest BCUT2D eigenvalue weighted by Crippen LogP contribution is 2.22. The number of piperidine rings is 1. The largest absolute Gasteiger partial charge is 0.488 e. The van der Waals surface area contributed by atoms with Crippen LogP contribution in [-0.4, -0.2) is 43.6 Å². The second-order valence-electron chi connectivity index (χ2n) is 5.29. The van der Waals surface area contributed by atoms with Crippen molar-refractivity contribution in [1.82, 2.24) is 4.90 Å². The second kappa shape index (κ2) is 7.60. The van der Waals surface area contributed by atoms with Gasteiger partial charge in [0.25, 0.3) is 0 Å². The van der Waals surface area contributed by atoms with E-state index in [-0.39, 0.29) is 24.4 Å². The lowest BCUT2D eigenvalue weighted by Gasteiger charge is -2.35. The van der Waals surface area contributed by atoms with Gasteiger partial charge in [0.2, 0.25) is 0 Å². The van der Waals surface area contributed by atoms with Gasteiger partial charge in [0.15, 0.2) is 0 Å². The van der Waals surface area contributed by atoms with Crippen molar-refractivity contribution in [2.24, 2.45) is 0 Å². The average molecular weight is 346 g/mol. The molecule has 0 aliphatic carbocycles. The Hall–Kier alpha value is -1.87. The number of benzene rings is 1. The number of aliphatic hydroxyl groups is 1. The summed E-state index contributed by atoms with van der Waals surface area (Å²) in [4.78, 5) is 14.0. The maximum Gasteiger partial charge on any atom is 0.488 e. The van der Waals surface area contributed by atoms with Crippen LogP contribution in [0.2, 0.25) is 0 Å². The summed E-state index contributed by atoms with van der Waals surface area (Å²) in [5.74, 6) is -0.179. The highest BCUT2D eigenvalue weighted by Gasteiger charge is 2.26. The summed E-state index contributed by atoms with van der Waals surface area (Å²) in [6, 6.07) is 5.05. The molecule has 1 aromatic carbocycles. The Morgan fingerprint density at radius 1 is 1.35 bits per heavy atom. The number of anilines is 1. The van der Waals surface area contributed by atoms with Gasteiger partial charge in [-0.05, 0) is 49.9 Å². The molecule has 1 aromatic rings. The van der Waals surface area contributed by atoms with E-state index in [0.717, 1.165) is 19.3 Å². The molecule has 1 fully saturated rings. The lowest BCUT2D eigenvalue weighted by Crippen LogP contribution is -2.46. The molecule has 1 aliphatic heterocycles. The first-order chi connectivity index (χ1) is 10.9. The molecular weight excluding hydrogens is 327 g/mol. The molecule has 2 N–H and O–H groups in total. The van der Waals surface area contributed by atoms with E-state index in [9.17, 15) is 17.1 Å². The number of halogens is 1. The van der Waals surface area contributed by atoms with E-state index in [4.69, 9.17) is 5.11 Å². The Kier molecular flexibility index (Phi) is 5.78. The standard InChI is InChI=1S/C14H19FN2O5S/c15-23(20,21)22-13-6-4-11(5-7-13)16-14(19)17-9-2-1-3-12(17)8-10-18/h4-7,12,18H,1-3,8-10H2,(H,16,19). The molecule has 0 bridgehead atoms. The van der Waals surface area contributed by atoms with Gasteiger partial charge < -0.3 is 19.5 Å². The molecule has 128 valence electrons. The van der Waals surface area contributed by atoms with Gasteiger partial charge in [0, 0.05) is 24.9 Å². The van der Waals surface area contributed by atoms with Gasteiger partial charge in [-0.1, -0.05) is 3.89 Å². The summed E-state index contributed by atoms with van der Waals surface area (Å²) in [6.07, 6.45) is 3.33. The number of hydrogen-bond acceptors (Lipinski definition) is 5. The van der Waals surface area contributed by atoms with E-state index in [1.807, 2.05) is 0 Å². The third-order valence-electron chi connectivity index (χ3n) is 3.65. The first-order valence-corrected chi connectivity index (χ1v) is 8.62. The Bertz CT molecular complexity index is 633. The van der Waals surface area contributed by atoms with Gasteiger partial charge in [0.05, 0.1) is 0 Å². The van der Waals surface area contributed by atoms with Crippen LogP contribution in [0.15, 0.2) is 24.3 Å². The molecule has 0 radical (unpaired) electrons. The molecular formula is C14H19FN2O5S. The monoisotopic (exact) mass is 346 g/mol. The maximum atomic E-state index is 12.4. The van der Waals surface area contributed by atoms with Crippen molar-refractivity contribution in [3.8, 4) is 5.75 Å². The van der Waals surface area contributed by atoms with Crippen LogP contribution in [0.4, 0.5) is 14.4 Å². The van der Waals surface area contributed by atoms with Crippen LogP contribution in [-0.2, 0) is 10.5 Å². The average Bonchev–Trinajstić information content (AvgIpc) is 2.48. The number of aliphatic hydroxyl groups excluding tert-OH is 1. The van der Waals surface area contributed by atoms with Crippen LogP contribution in [0.25, 0.3) is 0 Å². The fourth-order valence-electron chi connectivity index (χ4n) is 2.62. The number of rotatable bonds is 5. The third-order valence-corrected chi connectivity index (χ3v) is 4.04. The van der Waals surface area contributed by atoms with Crippen molar-refractivity contribution < 1.29 is 26.4 Å². The molecule has 1 aliphatic rings. The number of amides is 2. The molecule has 9 heteroatoms. The zero-order valence-electron chi connectivity index (χ0n) is 12.4.